The molecule has 0 unspecified atom stereocenters. The van der Waals surface area contributed by atoms with Crippen molar-refractivity contribution >= 4 is 23.4 Å². The minimum absolute atomic E-state index is 0.164. The molecule has 2 aromatic rings. The van der Waals surface area contributed by atoms with Crippen LogP contribution in [0.2, 0.25) is 0 Å². The molecule has 0 heterocycles. The number of amides is 4. The minimum Gasteiger partial charge on any atom is -0.338 e. The molecule has 4 amide bonds. The van der Waals surface area contributed by atoms with Gasteiger partial charge in [0, 0.05) is 24.5 Å². The van der Waals surface area contributed by atoms with Gasteiger partial charge in [-0.3, -0.25) is 0 Å². The molecule has 53 heavy (non-hydrogen) atoms. The second-order valence-corrected chi connectivity index (χ2v) is 15.3. The van der Waals surface area contributed by atoms with E-state index in [1.165, 1.54) is 116 Å². The van der Waals surface area contributed by atoms with E-state index in [4.69, 9.17) is 0 Å². The second kappa shape index (κ2) is 31.3. The lowest BCUT2D eigenvalue weighted by Gasteiger charge is -2.16. The molecular weight excluding hydrogens is 657 g/mol. The summed E-state index contributed by atoms with van der Waals surface area (Å²) in [5, 5.41) is 11.9. The van der Waals surface area contributed by atoms with E-state index in [1.54, 1.807) is 0 Å². The normalized spacial score (nSPS) is 11.3. The summed E-state index contributed by atoms with van der Waals surface area (Å²) >= 11 is 0. The first-order valence-electron chi connectivity index (χ1n) is 21.5. The van der Waals surface area contributed by atoms with Gasteiger partial charge < -0.3 is 31.1 Å². The molecule has 0 bridgehead atoms. The summed E-state index contributed by atoms with van der Waals surface area (Å²) in [7, 11) is 4.36. The monoisotopic (exact) mass is 735 g/mol. The zero-order valence-corrected chi connectivity index (χ0v) is 34.4. The van der Waals surface area contributed by atoms with Crippen molar-refractivity contribution in [3.63, 3.8) is 0 Å². The van der Waals surface area contributed by atoms with Crippen molar-refractivity contribution in [3.8, 4) is 0 Å². The van der Waals surface area contributed by atoms with E-state index in [2.05, 4.69) is 59.0 Å². The highest BCUT2D eigenvalue weighted by atomic mass is 16.2. The maximum atomic E-state index is 12.4. The number of urea groups is 2. The Morgan fingerprint density at radius 1 is 0.434 bits per heavy atom. The van der Waals surface area contributed by atoms with Gasteiger partial charge in [-0.15, -0.1) is 0 Å². The predicted octanol–water partition coefficient (Wildman–Crippen LogP) is 11.2. The Kier molecular flexibility index (Phi) is 27.2. The number of hydrogen-bond donors (Lipinski definition) is 4. The van der Waals surface area contributed by atoms with E-state index in [0.29, 0.717) is 13.1 Å². The number of rotatable bonds is 32. The summed E-state index contributed by atoms with van der Waals surface area (Å²) in [5.74, 6) is 0. The highest BCUT2D eigenvalue weighted by Crippen LogP contribution is 2.16. The van der Waals surface area contributed by atoms with E-state index in [1.807, 2.05) is 48.5 Å². The number of unbranched alkanes of at least 4 members (excludes halogenated alkanes) is 16. The largest absolute Gasteiger partial charge is 0.338 e. The van der Waals surface area contributed by atoms with Gasteiger partial charge in [-0.25, -0.2) is 9.59 Å². The van der Waals surface area contributed by atoms with Crippen LogP contribution in [-0.2, 0) is 6.42 Å². The zero-order chi connectivity index (χ0) is 38.2. The number of hydrogen-bond acceptors (Lipinski definition) is 4. The molecule has 300 valence electrons. The van der Waals surface area contributed by atoms with Crippen LogP contribution in [0.5, 0.6) is 0 Å². The Labute approximate surface area is 325 Å². The third-order valence-corrected chi connectivity index (χ3v) is 10.1. The maximum absolute atomic E-state index is 12.4. The topological polar surface area (TPSA) is 88.7 Å². The summed E-state index contributed by atoms with van der Waals surface area (Å²) in [6, 6.07) is 15.6. The number of carbonyl (C=O) groups excluding carboxylic acids is 2. The Hall–Kier alpha value is -3.10. The van der Waals surface area contributed by atoms with Crippen molar-refractivity contribution < 1.29 is 9.59 Å². The van der Waals surface area contributed by atoms with Crippen LogP contribution in [0.4, 0.5) is 21.0 Å². The molecule has 0 fully saturated rings. The minimum atomic E-state index is -0.164. The number of carbonyl (C=O) groups is 2. The third kappa shape index (κ3) is 25.5. The molecule has 0 aliphatic carbocycles. The fourth-order valence-electron chi connectivity index (χ4n) is 6.71. The molecule has 0 saturated heterocycles. The lowest BCUT2D eigenvalue weighted by atomic mass is 10.0. The van der Waals surface area contributed by atoms with E-state index >= 15 is 0 Å². The quantitative estimate of drug-likeness (QED) is 0.0564. The number of nitrogens with zero attached hydrogens (tertiary/aromatic N) is 2. The molecule has 0 radical (unpaired) electrons. The predicted molar refractivity (Wildman–Crippen MR) is 228 cm³/mol. The average molecular weight is 735 g/mol. The van der Waals surface area contributed by atoms with E-state index in [9.17, 15) is 9.59 Å². The molecular formula is C45H78N6O2. The number of benzene rings is 2. The van der Waals surface area contributed by atoms with Gasteiger partial charge in [0.15, 0.2) is 0 Å². The van der Waals surface area contributed by atoms with Crippen LogP contribution in [0.1, 0.15) is 153 Å². The van der Waals surface area contributed by atoms with E-state index in [-0.39, 0.29) is 12.1 Å². The van der Waals surface area contributed by atoms with Gasteiger partial charge in [0.25, 0.3) is 0 Å². The molecule has 0 aliphatic heterocycles. The van der Waals surface area contributed by atoms with Crippen LogP contribution in [0.3, 0.4) is 0 Å². The third-order valence-electron chi connectivity index (χ3n) is 10.1. The van der Waals surface area contributed by atoms with Crippen molar-refractivity contribution in [2.45, 2.75) is 149 Å². The van der Waals surface area contributed by atoms with Crippen molar-refractivity contribution in [2.75, 3.05) is 64.0 Å². The fraction of sp³-hybridized carbons (Fsp3) is 0.689. The SMILES string of the molecule is CCCCCCCCCCCN(C)CCCNC(=O)Nc1ccc(Cc2ccc(NC(=O)NCCCN(C)CCCCCCCCCCC)cc2)cc1. The van der Waals surface area contributed by atoms with Crippen molar-refractivity contribution in [1.29, 1.82) is 0 Å². The number of nitrogens with one attached hydrogen (secondary N) is 4. The molecule has 0 atom stereocenters. The number of anilines is 2. The average Bonchev–Trinajstić information content (AvgIpc) is 3.15. The zero-order valence-electron chi connectivity index (χ0n) is 34.4. The lowest BCUT2D eigenvalue weighted by Crippen LogP contribution is -2.31. The summed E-state index contributed by atoms with van der Waals surface area (Å²) in [6.07, 6.45) is 27.1. The highest BCUT2D eigenvalue weighted by Gasteiger charge is 2.06. The van der Waals surface area contributed by atoms with Gasteiger partial charge in [0.1, 0.15) is 0 Å². The molecule has 2 aromatic carbocycles. The maximum Gasteiger partial charge on any atom is 0.319 e. The molecule has 0 aromatic heterocycles. The molecule has 0 spiro atoms. The summed E-state index contributed by atoms with van der Waals surface area (Å²) in [5.41, 5.74) is 3.88. The highest BCUT2D eigenvalue weighted by molar-refractivity contribution is 5.89. The molecule has 8 heteroatoms. The molecule has 8 nitrogen and oxygen atoms in total. The molecule has 4 N–H and O–H groups in total. The van der Waals surface area contributed by atoms with Crippen LogP contribution >= 0.6 is 0 Å². The Morgan fingerprint density at radius 3 is 1.08 bits per heavy atom. The van der Waals surface area contributed by atoms with Crippen LogP contribution in [-0.4, -0.2) is 75.2 Å². The lowest BCUT2D eigenvalue weighted by molar-refractivity contribution is 0.250. The van der Waals surface area contributed by atoms with Crippen LogP contribution < -0.4 is 21.3 Å². The van der Waals surface area contributed by atoms with E-state index in [0.717, 1.165) is 67.9 Å². The Bertz CT molecular complexity index is 1080. The van der Waals surface area contributed by atoms with Gasteiger partial charge in [-0.2, -0.15) is 0 Å². The molecule has 2 rings (SSSR count). The first kappa shape index (κ1) is 46.1. The molecule has 0 aliphatic rings. The summed E-state index contributed by atoms with van der Waals surface area (Å²) < 4.78 is 0. The van der Waals surface area contributed by atoms with Gasteiger partial charge in [-0.05, 0) is 108 Å². The van der Waals surface area contributed by atoms with Gasteiger partial charge in [0.05, 0.1) is 0 Å². The van der Waals surface area contributed by atoms with Crippen LogP contribution in [0.25, 0.3) is 0 Å². The summed E-state index contributed by atoms with van der Waals surface area (Å²) in [4.78, 5) is 29.6. The Balaban J connectivity index is 1.51. The van der Waals surface area contributed by atoms with Crippen LogP contribution in [0, 0.1) is 0 Å². The summed E-state index contributed by atoms with van der Waals surface area (Å²) in [6.45, 7) is 10.1. The first-order valence-corrected chi connectivity index (χ1v) is 21.5. The van der Waals surface area contributed by atoms with Crippen molar-refractivity contribution in [3.05, 3.63) is 59.7 Å². The van der Waals surface area contributed by atoms with Gasteiger partial charge in [-0.1, -0.05) is 141 Å². The Morgan fingerprint density at radius 2 is 0.736 bits per heavy atom. The van der Waals surface area contributed by atoms with Gasteiger partial charge in [0.2, 0.25) is 0 Å². The van der Waals surface area contributed by atoms with Crippen molar-refractivity contribution in [2.24, 2.45) is 0 Å². The molecule has 0 saturated carbocycles. The standard InChI is InChI=1S/C45H78N6O2/c1-5-7-9-11-13-15-17-19-21-35-50(3)37-23-33-46-44(52)48-42-29-25-40(26-30-42)39-41-27-31-43(32-28-41)49-45(53)47-34-24-38-51(4)36-22-20-18-16-14-12-10-8-6-2/h25-32H,5-24,33-39H2,1-4H3,(H2,46,48,52)(H2,47,49,53). The van der Waals surface area contributed by atoms with Crippen LogP contribution in [0.15, 0.2) is 48.5 Å². The first-order chi connectivity index (χ1) is 25.9. The van der Waals surface area contributed by atoms with E-state index < -0.39 is 0 Å². The van der Waals surface area contributed by atoms with Gasteiger partial charge >= 0.3 is 12.1 Å². The fourth-order valence-corrected chi connectivity index (χ4v) is 6.71. The second-order valence-electron chi connectivity index (χ2n) is 15.3. The van der Waals surface area contributed by atoms with Crippen molar-refractivity contribution in [1.82, 2.24) is 20.4 Å². The smallest absolute Gasteiger partial charge is 0.319 e.